The number of aromatic nitrogens is 1. The molecule has 4 rings (SSSR count). The summed E-state index contributed by atoms with van der Waals surface area (Å²) >= 11 is 0. The molecule has 146 valence electrons. The molecule has 3 aromatic rings. The van der Waals surface area contributed by atoms with Gasteiger partial charge in [0.1, 0.15) is 5.75 Å². The van der Waals surface area contributed by atoms with Gasteiger partial charge in [0.25, 0.3) is 5.91 Å². The Morgan fingerprint density at radius 2 is 1.79 bits per heavy atom. The van der Waals surface area contributed by atoms with Crippen LogP contribution in [0.15, 0.2) is 48.7 Å². The number of nitrogens with one attached hydrogen (secondary N) is 2. The van der Waals surface area contributed by atoms with E-state index in [0.717, 1.165) is 5.56 Å². The van der Waals surface area contributed by atoms with E-state index in [1.54, 1.807) is 61.8 Å². The molecule has 7 heteroatoms. The molecule has 0 spiro atoms. The quantitative estimate of drug-likeness (QED) is 0.359. The van der Waals surface area contributed by atoms with Crippen LogP contribution in [0.1, 0.15) is 21.6 Å². The Kier molecular flexibility index (Phi) is 4.56. The van der Waals surface area contributed by atoms with Crippen LogP contribution in [-0.4, -0.2) is 31.1 Å². The third-order valence-electron chi connectivity index (χ3n) is 4.84. The van der Waals surface area contributed by atoms with Crippen LogP contribution in [-0.2, 0) is 9.53 Å². The van der Waals surface area contributed by atoms with E-state index < -0.39 is 5.97 Å². The minimum atomic E-state index is -0.418. The first kappa shape index (κ1) is 18.4. The van der Waals surface area contributed by atoms with Crippen LogP contribution in [0.2, 0.25) is 0 Å². The van der Waals surface area contributed by atoms with Gasteiger partial charge in [0.05, 0.1) is 31.1 Å². The van der Waals surface area contributed by atoms with E-state index in [4.69, 9.17) is 15.2 Å². The van der Waals surface area contributed by atoms with Gasteiger partial charge in [0.2, 0.25) is 0 Å². The van der Waals surface area contributed by atoms with Crippen LogP contribution in [0.5, 0.6) is 5.75 Å². The number of aromatic amines is 1. The van der Waals surface area contributed by atoms with Crippen molar-refractivity contribution in [2.24, 2.45) is 0 Å². The number of hydrogen-bond donors (Lipinski definition) is 3. The molecule has 2 aromatic carbocycles. The van der Waals surface area contributed by atoms with Crippen molar-refractivity contribution in [2.75, 3.05) is 25.3 Å². The zero-order valence-corrected chi connectivity index (χ0v) is 15.9. The van der Waals surface area contributed by atoms with Gasteiger partial charge in [-0.3, -0.25) is 4.79 Å². The molecule has 0 atom stereocenters. The molecular formula is C22H19N3O4. The Labute approximate surface area is 167 Å². The molecule has 4 N–H and O–H groups in total. The molecule has 2 heterocycles. The lowest BCUT2D eigenvalue weighted by Gasteiger charge is -2.12. The number of nitrogen functional groups attached to an aromatic ring is 1. The first-order chi connectivity index (χ1) is 14.0. The van der Waals surface area contributed by atoms with Gasteiger partial charge in [-0.25, -0.2) is 4.79 Å². The second kappa shape index (κ2) is 7.20. The third kappa shape index (κ3) is 3.12. The fraction of sp³-hybridized carbons (Fsp3) is 0.0909. The van der Waals surface area contributed by atoms with Crippen molar-refractivity contribution in [3.63, 3.8) is 0 Å². The summed E-state index contributed by atoms with van der Waals surface area (Å²) in [6.07, 6.45) is 3.48. The van der Waals surface area contributed by atoms with Gasteiger partial charge in [0.15, 0.2) is 0 Å². The van der Waals surface area contributed by atoms with Gasteiger partial charge < -0.3 is 25.5 Å². The molecule has 1 aliphatic rings. The van der Waals surface area contributed by atoms with Crippen molar-refractivity contribution < 1.29 is 19.1 Å². The molecule has 1 aliphatic heterocycles. The number of carbonyl (C=O) groups is 2. The highest BCUT2D eigenvalue weighted by Gasteiger charge is 2.29. The number of benzene rings is 2. The van der Waals surface area contributed by atoms with Crippen molar-refractivity contribution in [2.45, 2.75) is 0 Å². The number of hydrogen-bond acceptors (Lipinski definition) is 5. The Morgan fingerprint density at radius 3 is 2.48 bits per heavy atom. The van der Waals surface area contributed by atoms with Crippen LogP contribution >= 0.6 is 0 Å². The number of nitrogens with two attached hydrogens (primary N) is 1. The smallest absolute Gasteiger partial charge is 0.337 e. The van der Waals surface area contributed by atoms with Crippen LogP contribution in [0.4, 0.5) is 11.4 Å². The highest BCUT2D eigenvalue weighted by atomic mass is 16.5. The minimum Gasteiger partial charge on any atom is -0.495 e. The summed E-state index contributed by atoms with van der Waals surface area (Å²) in [6.45, 7) is 0. The summed E-state index contributed by atoms with van der Waals surface area (Å²) in [7, 11) is 2.90. The number of rotatable bonds is 4. The molecule has 29 heavy (non-hydrogen) atoms. The predicted molar refractivity (Wildman–Crippen MR) is 111 cm³/mol. The lowest BCUT2D eigenvalue weighted by atomic mass is 9.92. The number of esters is 1. The molecule has 0 fully saturated rings. The van der Waals surface area contributed by atoms with E-state index in [-0.39, 0.29) is 5.91 Å². The molecule has 0 saturated heterocycles. The lowest BCUT2D eigenvalue weighted by molar-refractivity contribution is -0.110. The Morgan fingerprint density at radius 1 is 1.03 bits per heavy atom. The number of fused-ring (bicyclic) bond motifs is 1. The van der Waals surface area contributed by atoms with Gasteiger partial charge in [0, 0.05) is 28.7 Å². The largest absolute Gasteiger partial charge is 0.495 e. The van der Waals surface area contributed by atoms with Crippen molar-refractivity contribution in [3.8, 4) is 16.9 Å². The number of carbonyl (C=O) groups excluding carboxylic acids is 2. The van der Waals surface area contributed by atoms with Crippen LogP contribution < -0.4 is 15.8 Å². The van der Waals surface area contributed by atoms with E-state index in [1.807, 2.05) is 0 Å². The summed E-state index contributed by atoms with van der Waals surface area (Å²) in [5.41, 5.74) is 11.3. The van der Waals surface area contributed by atoms with Crippen molar-refractivity contribution in [1.29, 1.82) is 0 Å². The molecule has 0 bridgehead atoms. The van der Waals surface area contributed by atoms with E-state index in [9.17, 15) is 9.59 Å². The molecule has 1 aromatic heterocycles. The number of methoxy groups -OCH3 is 2. The predicted octanol–water partition coefficient (Wildman–Crippen LogP) is 3.55. The van der Waals surface area contributed by atoms with Gasteiger partial charge in [-0.05, 0) is 42.0 Å². The molecule has 1 amide bonds. The Balaban J connectivity index is 1.87. The van der Waals surface area contributed by atoms with E-state index >= 15 is 0 Å². The van der Waals surface area contributed by atoms with Crippen LogP contribution in [0.3, 0.4) is 0 Å². The maximum absolute atomic E-state index is 12.7. The summed E-state index contributed by atoms with van der Waals surface area (Å²) in [4.78, 5) is 27.5. The Hall–Kier alpha value is -4.00. The fourth-order valence-corrected chi connectivity index (χ4v) is 3.45. The first-order valence-corrected chi connectivity index (χ1v) is 8.89. The maximum Gasteiger partial charge on any atom is 0.337 e. The zero-order valence-electron chi connectivity index (χ0n) is 15.9. The standard InChI is InChI=1S/C22H19N3O4/c1-28-18-9-10-24-17(18)11-14-20-16(25-21(14)26)8-7-15(23)19(20)12-3-5-13(6-4-12)22(27)29-2/h3-11,24H,23H2,1-2H3,(H,25,26)/b14-11-. The monoisotopic (exact) mass is 389 g/mol. The van der Waals surface area contributed by atoms with Gasteiger partial charge in [-0.2, -0.15) is 0 Å². The maximum atomic E-state index is 12.7. The SMILES string of the molecule is COC(=O)c1ccc(-c2c(N)ccc3c2/C(=C/c2[nH]ccc2OC)C(=O)N3)cc1. The normalized spacial score (nSPS) is 13.9. The summed E-state index contributed by atoms with van der Waals surface area (Å²) in [5.74, 6) is -0.0135. The summed E-state index contributed by atoms with van der Waals surface area (Å²) < 4.78 is 10.1. The summed E-state index contributed by atoms with van der Waals surface area (Å²) in [6, 6.07) is 12.2. The van der Waals surface area contributed by atoms with E-state index in [0.29, 0.717) is 45.1 Å². The molecule has 0 saturated carbocycles. The third-order valence-corrected chi connectivity index (χ3v) is 4.84. The second-order valence-corrected chi connectivity index (χ2v) is 6.49. The van der Waals surface area contributed by atoms with E-state index in [2.05, 4.69) is 10.3 Å². The number of ether oxygens (including phenoxy) is 2. The first-order valence-electron chi connectivity index (χ1n) is 8.89. The molecule has 0 unspecified atom stereocenters. The number of anilines is 2. The molecule has 0 radical (unpaired) electrons. The van der Waals surface area contributed by atoms with E-state index in [1.165, 1.54) is 7.11 Å². The van der Waals surface area contributed by atoms with Crippen molar-refractivity contribution >= 4 is 34.9 Å². The average molecular weight is 389 g/mol. The number of H-pyrrole nitrogens is 1. The van der Waals surface area contributed by atoms with Crippen LogP contribution in [0.25, 0.3) is 22.8 Å². The van der Waals surface area contributed by atoms with Crippen molar-refractivity contribution in [3.05, 3.63) is 65.5 Å². The number of amides is 1. The second-order valence-electron chi connectivity index (χ2n) is 6.49. The fourth-order valence-electron chi connectivity index (χ4n) is 3.45. The van der Waals surface area contributed by atoms with Crippen molar-refractivity contribution in [1.82, 2.24) is 4.98 Å². The highest BCUT2D eigenvalue weighted by molar-refractivity contribution is 6.36. The molecular weight excluding hydrogens is 370 g/mol. The molecule has 7 nitrogen and oxygen atoms in total. The Bertz CT molecular complexity index is 1140. The van der Waals surface area contributed by atoms with Gasteiger partial charge >= 0.3 is 5.97 Å². The minimum absolute atomic E-state index is 0.227. The lowest BCUT2D eigenvalue weighted by Crippen LogP contribution is -2.03. The highest BCUT2D eigenvalue weighted by Crippen LogP contribution is 2.43. The average Bonchev–Trinajstić information content (AvgIpc) is 3.32. The van der Waals surface area contributed by atoms with Gasteiger partial charge in [-0.1, -0.05) is 12.1 Å². The zero-order chi connectivity index (χ0) is 20.5. The topological polar surface area (TPSA) is 106 Å². The molecule has 0 aliphatic carbocycles. The van der Waals surface area contributed by atoms with Crippen LogP contribution in [0, 0.1) is 0 Å². The summed E-state index contributed by atoms with van der Waals surface area (Å²) in [5, 5.41) is 2.88. The van der Waals surface area contributed by atoms with Gasteiger partial charge in [-0.15, -0.1) is 0 Å².